The fourth-order valence-corrected chi connectivity index (χ4v) is 2.74. The van der Waals surface area contributed by atoms with Crippen molar-refractivity contribution in [1.29, 1.82) is 0 Å². The van der Waals surface area contributed by atoms with Crippen molar-refractivity contribution in [2.75, 3.05) is 32.8 Å². The van der Waals surface area contributed by atoms with Crippen LogP contribution in [0.5, 0.6) is 0 Å². The van der Waals surface area contributed by atoms with Crippen LogP contribution in [0.1, 0.15) is 47.0 Å². The van der Waals surface area contributed by atoms with Gasteiger partial charge in [0.05, 0.1) is 0 Å². The molecule has 3 heteroatoms. The van der Waals surface area contributed by atoms with Gasteiger partial charge in [-0.05, 0) is 50.2 Å². The SMILES string of the molecule is CCCNC(CCN1CCC(CO)C1)C(C)(C)C. The molecular weight excluding hydrogens is 224 g/mol. The van der Waals surface area contributed by atoms with Crippen molar-refractivity contribution in [2.45, 2.75) is 53.0 Å². The first kappa shape index (κ1) is 15.9. The van der Waals surface area contributed by atoms with Crippen LogP contribution in [0.3, 0.4) is 0 Å². The zero-order valence-corrected chi connectivity index (χ0v) is 12.7. The van der Waals surface area contributed by atoms with Gasteiger partial charge in [0, 0.05) is 19.2 Å². The van der Waals surface area contributed by atoms with Gasteiger partial charge >= 0.3 is 0 Å². The third kappa shape index (κ3) is 5.25. The predicted octanol–water partition coefficient (Wildman–Crippen LogP) is 2.10. The Kier molecular flexibility index (Phi) is 6.61. The maximum absolute atomic E-state index is 9.17. The van der Waals surface area contributed by atoms with E-state index in [0.29, 0.717) is 24.0 Å². The van der Waals surface area contributed by atoms with E-state index < -0.39 is 0 Å². The van der Waals surface area contributed by atoms with Crippen molar-refractivity contribution in [3.8, 4) is 0 Å². The van der Waals surface area contributed by atoms with Crippen molar-refractivity contribution in [3.05, 3.63) is 0 Å². The highest BCUT2D eigenvalue weighted by molar-refractivity contribution is 4.83. The molecule has 0 saturated carbocycles. The van der Waals surface area contributed by atoms with Crippen LogP contribution < -0.4 is 5.32 Å². The van der Waals surface area contributed by atoms with Crippen LogP contribution in [0.2, 0.25) is 0 Å². The lowest BCUT2D eigenvalue weighted by Gasteiger charge is -2.33. The zero-order valence-electron chi connectivity index (χ0n) is 12.7. The molecule has 0 aromatic carbocycles. The highest BCUT2D eigenvalue weighted by atomic mass is 16.3. The summed E-state index contributed by atoms with van der Waals surface area (Å²) in [6.45, 7) is 14.1. The molecule has 1 aliphatic rings. The monoisotopic (exact) mass is 256 g/mol. The molecule has 0 amide bonds. The molecule has 1 aliphatic heterocycles. The molecule has 2 atom stereocenters. The lowest BCUT2D eigenvalue weighted by atomic mass is 9.84. The molecule has 2 N–H and O–H groups in total. The summed E-state index contributed by atoms with van der Waals surface area (Å²) in [5.41, 5.74) is 0.325. The quantitative estimate of drug-likeness (QED) is 0.732. The topological polar surface area (TPSA) is 35.5 Å². The van der Waals surface area contributed by atoms with Crippen molar-refractivity contribution in [3.63, 3.8) is 0 Å². The standard InChI is InChI=1S/C15H32N2O/c1-5-8-16-14(15(2,3)4)7-10-17-9-6-13(11-17)12-18/h13-14,16,18H,5-12H2,1-4H3. The molecule has 2 unspecified atom stereocenters. The van der Waals surface area contributed by atoms with Gasteiger partial charge in [0.25, 0.3) is 0 Å². The van der Waals surface area contributed by atoms with Crippen molar-refractivity contribution >= 4 is 0 Å². The first-order valence-electron chi connectivity index (χ1n) is 7.54. The summed E-state index contributed by atoms with van der Waals surface area (Å²) in [4.78, 5) is 2.51. The molecule has 0 spiro atoms. The molecule has 108 valence electrons. The van der Waals surface area contributed by atoms with E-state index in [1.165, 1.54) is 19.3 Å². The van der Waals surface area contributed by atoms with Gasteiger partial charge in [0.1, 0.15) is 0 Å². The Bertz CT molecular complexity index is 225. The molecule has 0 aromatic heterocycles. The fourth-order valence-electron chi connectivity index (χ4n) is 2.74. The number of likely N-dealkylation sites (tertiary alicyclic amines) is 1. The van der Waals surface area contributed by atoms with E-state index in [4.69, 9.17) is 5.11 Å². The molecule has 3 nitrogen and oxygen atoms in total. The molecule has 0 bridgehead atoms. The molecule has 0 radical (unpaired) electrons. The van der Waals surface area contributed by atoms with Crippen molar-refractivity contribution in [2.24, 2.45) is 11.3 Å². The second kappa shape index (κ2) is 7.46. The maximum atomic E-state index is 9.17. The zero-order chi connectivity index (χ0) is 13.6. The summed E-state index contributed by atoms with van der Waals surface area (Å²) < 4.78 is 0. The first-order valence-corrected chi connectivity index (χ1v) is 7.54. The summed E-state index contributed by atoms with van der Waals surface area (Å²) in [5, 5.41) is 12.9. The number of rotatable bonds is 7. The Labute approximate surface area is 113 Å². The van der Waals surface area contributed by atoms with E-state index in [2.05, 4.69) is 37.9 Å². The van der Waals surface area contributed by atoms with Crippen LogP contribution in [0.15, 0.2) is 0 Å². The average Bonchev–Trinajstić information content (AvgIpc) is 2.75. The predicted molar refractivity (Wildman–Crippen MR) is 77.8 cm³/mol. The van der Waals surface area contributed by atoms with Crippen LogP contribution in [-0.4, -0.2) is 48.8 Å². The number of aliphatic hydroxyl groups is 1. The molecule has 0 aromatic rings. The Morgan fingerprint density at radius 1 is 1.39 bits per heavy atom. The lowest BCUT2D eigenvalue weighted by molar-refractivity contribution is 0.202. The van der Waals surface area contributed by atoms with E-state index in [1.807, 2.05) is 0 Å². The van der Waals surface area contributed by atoms with Gasteiger partial charge in [0.2, 0.25) is 0 Å². The van der Waals surface area contributed by atoms with Crippen LogP contribution in [0.4, 0.5) is 0 Å². The van der Waals surface area contributed by atoms with Crippen molar-refractivity contribution in [1.82, 2.24) is 10.2 Å². The van der Waals surface area contributed by atoms with Gasteiger partial charge in [-0.2, -0.15) is 0 Å². The van der Waals surface area contributed by atoms with E-state index in [9.17, 15) is 0 Å². The second-order valence-corrected chi connectivity index (χ2v) is 6.80. The van der Waals surface area contributed by atoms with Gasteiger partial charge in [-0.25, -0.2) is 0 Å². The number of hydrogen-bond acceptors (Lipinski definition) is 3. The smallest absolute Gasteiger partial charge is 0.0471 e. The summed E-state index contributed by atoms with van der Waals surface area (Å²) in [5.74, 6) is 0.515. The largest absolute Gasteiger partial charge is 0.396 e. The fraction of sp³-hybridized carbons (Fsp3) is 1.00. The molecular formula is C15H32N2O. The second-order valence-electron chi connectivity index (χ2n) is 6.80. The van der Waals surface area contributed by atoms with Crippen molar-refractivity contribution < 1.29 is 5.11 Å². The summed E-state index contributed by atoms with van der Waals surface area (Å²) in [6, 6.07) is 0.589. The van der Waals surface area contributed by atoms with Gasteiger partial charge in [-0.1, -0.05) is 27.7 Å². The van der Waals surface area contributed by atoms with E-state index >= 15 is 0 Å². The minimum Gasteiger partial charge on any atom is -0.396 e. The minimum atomic E-state index is 0.325. The van der Waals surface area contributed by atoms with Crippen LogP contribution in [0.25, 0.3) is 0 Å². The third-order valence-corrected chi connectivity index (χ3v) is 4.05. The van der Waals surface area contributed by atoms with Crippen LogP contribution in [0, 0.1) is 11.3 Å². The number of aliphatic hydroxyl groups excluding tert-OH is 1. The summed E-state index contributed by atoms with van der Waals surface area (Å²) >= 11 is 0. The molecule has 1 saturated heterocycles. The Morgan fingerprint density at radius 2 is 2.11 bits per heavy atom. The highest BCUT2D eigenvalue weighted by Crippen LogP contribution is 2.23. The first-order chi connectivity index (χ1) is 8.47. The summed E-state index contributed by atoms with van der Waals surface area (Å²) in [6.07, 6.45) is 3.57. The molecule has 1 rings (SSSR count). The Morgan fingerprint density at radius 3 is 2.61 bits per heavy atom. The maximum Gasteiger partial charge on any atom is 0.0471 e. The van der Waals surface area contributed by atoms with E-state index in [0.717, 1.165) is 26.2 Å². The minimum absolute atomic E-state index is 0.325. The van der Waals surface area contributed by atoms with Gasteiger partial charge < -0.3 is 15.3 Å². The summed E-state index contributed by atoms with van der Waals surface area (Å²) in [7, 11) is 0. The number of nitrogens with zero attached hydrogens (tertiary/aromatic N) is 1. The molecule has 18 heavy (non-hydrogen) atoms. The van der Waals surface area contributed by atoms with Crippen LogP contribution in [-0.2, 0) is 0 Å². The number of nitrogens with one attached hydrogen (secondary N) is 1. The van der Waals surface area contributed by atoms with Gasteiger partial charge in [0.15, 0.2) is 0 Å². The Hall–Kier alpha value is -0.120. The normalized spacial score (nSPS) is 23.5. The van der Waals surface area contributed by atoms with Gasteiger partial charge in [-0.15, -0.1) is 0 Å². The highest BCUT2D eigenvalue weighted by Gasteiger charge is 2.26. The molecule has 0 aliphatic carbocycles. The van der Waals surface area contributed by atoms with Gasteiger partial charge in [-0.3, -0.25) is 0 Å². The number of hydrogen-bond donors (Lipinski definition) is 2. The average molecular weight is 256 g/mol. The third-order valence-electron chi connectivity index (χ3n) is 4.05. The van der Waals surface area contributed by atoms with Crippen LogP contribution >= 0.6 is 0 Å². The molecule has 1 fully saturated rings. The van der Waals surface area contributed by atoms with E-state index in [1.54, 1.807) is 0 Å². The Balaban J connectivity index is 2.33. The molecule has 1 heterocycles. The lowest BCUT2D eigenvalue weighted by Crippen LogP contribution is -2.43. The van der Waals surface area contributed by atoms with E-state index in [-0.39, 0.29) is 0 Å².